The van der Waals surface area contributed by atoms with Crippen molar-refractivity contribution in [3.05, 3.63) is 18.0 Å². The average Bonchev–Trinajstić information content (AvgIpc) is 3.24. The highest BCUT2D eigenvalue weighted by molar-refractivity contribution is 5.84. The Balaban J connectivity index is 1.69. The van der Waals surface area contributed by atoms with Crippen LogP contribution in [0.15, 0.2) is 12.2 Å². The number of rotatable bonds is 13. The molecule has 7 nitrogen and oxygen atoms in total. The first kappa shape index (κ1) is 21.7. The fraction of sp³-hybridized carbons (Fsp3) is 0.800. The van der Waals surface area contributed by atoms with Crippen molar-refractivity contribution in [2.45, 2.75) is 89.8 Å². The van der Waals surface area contributed by atoms with Crippen LogP contribution in [0.1, 0.15) is 77.0 Å². The molecule has 2 rings (SSSR count). The van der Waals surface area contributed by atoms with E-state index in [1.54, 1.807) is 6.08 Å². The van der Waals surface area contributed by atoms with Gasteiger partial charge in [-0.25, -0.2) is 0 Å². The van der Waals surface area contributed by atoms with Gasteiger partial charge in [-0.3, -0.25) is 4.79 Å². The van der Waals surface area contributed by atoms with Crippen LogP contribution < -0.4 is 0 Å². The van der Waals surface area contributed by atoms with Gasteiger partial charge < -0.3 is 10.2 Å². The second-order valence-corrected chi connectivity index (χ2v) is 7.65. The lowest BCUT2D eigenvalue weighted by Gasteiger charge is -2.18. The highest BCUT2D eigenvalue weighted by atomic mass is 16.3. The molecule has 1 aromatic rings. The largest absolute Gasteiger partial charge is 0.392 e. The van der Waals surface area contributed by atoms with Crippen LogP contribution in [-0.4, -0.2) is 48.8 Å². The van der Waals surface area contributed by atoms with E-state index in [2.05, 4.69) is 27.5 Å². The van der Waals surface area contributed by atoms with Crippen molar-refractivity contribution in [1.82, 2.24) is 20.6 Å². The van der Waals surface area contributed by atoms with Crippen LogP contribution in [0, 0.1) is 11.8 Å². The van der Waals surface area contributed by atoms with Crippen molar-refractivity contribution in [3.8, 4) is 0 Å². The molecule has 1 aliphatic rings. The Morgan fingerprint density at radius 1 is 1.22 bits per heavy atom. The molecule has 3 N–H and O–H groups in total. The second-order valence-electron chi connectivity index (χ2n) is 7.65. The van der Waals surface area contributed by atoms with E-state index < -0.39 is 12.2 Å². The fourth-order valence-corrected chi connectivity index (χ4v) is 3.84. The standard InChI is InChI=1S/C20H34N4O3/c1-2-3-6-9-15(25)12-13-17-16(18(26)14-19(17)27)10-7-4-5-8-11-20-21-23-24-22-20/h12-13,15-17,19,25,27H,2-11,14H2,1H3,(H,21,22,23,24). The quantitative estimate of drug-likeness (QED) is 0.359. The van der Waals surface area contributed by atoms with Crippen molar-refractivity contribution in [2.75, 3.05) is 0 Å². The molecule has 0 aliphatic heterocycles. The van der Waals surface area contributed by atoms with Gasteiger partial charge in [0.15, 0.2) is 5.82 Å². The molecule has 0 saturated heterocycles. The van der Waals surface area contributed by atoms with Crippen molar-refractivity contribution in [1.29, 1.82) is 0 Å². The molecular weight excluding hydrogens is 344 g/mol. The molecule has 1 aromatic heterocycles. The maximum Gasteiger partial charge on any atom is 0.174 e. The van der Waals surface area contributed by atoms with Crippen molar-refractivity contribution >= 4 is 5.78 Å². The van der Waals surface area contributed by atoms with Gasteiger partial charge in [-0.1, -0.05) is 62.8 Å². The summed E-state index contributed by atoms with van der Waals surface area (Å²) in [6.07, 6.45) is 12.5. The molecule has 0 bridgehead atoms. The summed E-state index contributed by atoms with van der Waals surface area (Å²) in [6.45, 7) is 2.14. The van der Waals surface area contributed by atoms with Gasteiger partial charge in [0.2, 0.25) is 0 Å². The number of carbonyl (C=O) groups is 1. The molecule has 1 aliphatic carbocycles. The van der Waals surface area contributed by atoms with Crippen LogP contribution in [0.3, 0.4) is 0 Å². The summed E-state index contributed by atoms with van der Waals surface area (Å²) in [5, 5.41) is 34.1. The summed E-state index contributed by atoms with van der Waals surface area (Å²) in [4.78, 5) is 12.2. The van der Waals surface area contributed by atoms with E-state index in [1.807, 2.05) is 6.08 Å². The third-order valence-electron chi connectivity index (χ3n) is 5.45. The molecule has 1 saturated carbocycles. The second kappa shape index (κ2) is 12.0. The van der Waals surface area contributed by atoms with Gasteiger partial charge in [0, 0.05) is 24.7 Å². The number of aromatic nitrogens is 4. The van der Waals surface area contributed by atoms with Gasteiger partial charge in [0.1, 0.15) is 5.78 Å². The van der Waals surface area contributed by atoms with Crippen molar-refractivity contribution in [3.63, 3.8) is 0 Å². The molecule has 0 amide bonds. The van der Waals surface area contributed by atoms with Crippen LogP contribution in [0.5, 0.6) is 0 Å². The van der Waals surface area contributed by atoms with E-state index >= 15 is 0 Å². The number of Topliss-reactive ketones (excluding diaryl/α,β-unsaturated/α-hetero) is 1. The van der Waals surface area contributed by atoms with Crippen LogP contribution in [-0.2, 0) is 11.2 Å². The highest BCUT2D eigenvalue weighted by Gasteiger charge is 2.39. The Bertz CT molecular complexity index is 562. The Kier molecular flexibility index (Phi) is 9.62. The Labute approximate surface area is 161 Å². The monoisotopic (exact) mass is 378 g/mol. The average molecular weight is 379 g/mol. The molecule has 4 atom stereocenters. The van der Waals surface area contributed by atoms with Crippen LogP contribution >= 0.6 is 0 Å². The number of aliphatic hydroxyl groups excluding tert-OH is 2. The predicted molar refractivity (Wildman–Crippen MR) is 103 cm³/mol. The minimum absolute atomic E-state index is 0.115. The third-order valence-corrected chi connectivity index (χ3v) is 5.45. The van der Waals surface area contributed by atoms with Gasteiger partial charge in [0.25, 0.3) is 0 Å². The minimum Gasteiger partial charge on any atom is -0.392 e. The molecule has 7 heteroatoms. The minimum atomic E-state index is -0.611. The summed E-state index contributed by atoms with van der Waals surface area (Å²) in [5.74, 6) is 0.630. The normalized spacial score (nSPS) is 24.1. The van der Waals surface area contributed by atoms with E-state index in [4.69, 9.17) is 0 Å². The molecule has 1 fully saturated rings. The SMILES string of the molecule is CCCCCC(O)C=CC1C(O)CC(=O)C1CCCCCCc1nn[nH]n1. The summed E-state index contributed by atoms with van der Waals surface area (Å²) in [7, 11) is 0. The van der Waals surface area contributed by atoms with Gasteiger partial charge in [-0.2, -0.15) is 5.21 Å². The zero-order chi connectivity index (χ0) is 19.5. The lowest BCUT2D eigenvalue weighted by molar-refractivity contribution is -0.121. The van der Waals surface area contributed by atoms with Gasteiger partial charge in [0.05, 0.1) is 12.2 Å². The number of aromatic amines is 1. The van der Waals surface area contributed by atoms with E-state index in [9.17, 15) is 15.0 Å². The smallest absolute Gasteiger partial charge is 0.174 e. The zero-order valence-electron chi connectivity index (χ0n) is 16.4. The molecule has 4 unspecified atom stereocenters. The molecule has 0 spiro atoms. The first-order chi connectivity index (χ1) is 13.1. The summed E-state index contributed by atoms with van der Waals surface area (Å²) in [5.41, 5.74) is 0. The van der Waals surface area contributed by atoms with E-state index in [0.29, 0.717) is 0 Å². The van der Waals surface area contributed by atoms with Crippen LogP contribution in [0.4, 0.5) is 0 Å². The van der Waals surface area contributed by atoms with Crippen molar-refractivity contribution < 1.29 is 15.0 Å². The number of tetrazole rings is 1. The van der Waals surface area contributed by atoms with Gasteiger partial charge in [-0.15, -0.1) is 10.2 Å². The molecule has 0 aromatic carbocycles. The number of nitrogens with zero attached hydrogens (tertiary/aromatic N) is 3. The topological polar surface area (TPSA) is 112 Å². The summed E-state index contributed by atoms with van der Waals surface area (Å²) >= 11 is 0. The Morgan fingerprint density at radius 3 is 2.78 bits per heavy atom. The number of hydrogen-bond acceptors (Lipinski definition) is 6. The molecule has 1 heterocycles. The van der Waals surface area contributed by atoms with Gasteiger partial charge >= 0.3 is 0 Å². The number of unbranched alkanes of at least 4 members (excludes halogenated alkanes) is 5. The molecule has 152 valence electrons. The van der Waals surface area contributed by atoms with Crippen LogP contribution in [0.2, 0.25) is 0 Å². The lowest BCUT2D eigenvalue weighted by atomic mass is 9.88. The first-order valence-electron chi connectivity index (χ1n) is 10.4. The number of H-pyrrole nitrogens is 1. The molecule has 27 heavy (non-hydrogen) atoms. The number of aryl methyl sites for hydroxylation is 1. The zero-order valence-corrected chi connectivity index (χ0v) is 16.4. The molecule has 0 radical (unpaired) electrons. The summed E-state index contributed by atoms with van der Waals surface area (Å²) < 4.78 is 0. The number of ketones is 1. The highest BCUT2D eigenvalue weighted by Crippen LogP contribution is 2.34. The lowest BCUT2D eigenvalue weighted by Crippen LogP contribution is -2.19. The van der Waals surface area contributed by atoms with E-state index in [0.717, 1.165) is 70.0 Å². The first-order valence-corrected chi connectivity index (χ1v) is 10.4. The maximum atomic E-state index is 12.2. The van der Waals surface area contributed by atoms with E-state index in [-0.39, 0.29) is 24.0 Å². The number of nitrogens with one attached hydrogen (secondary N) is 1. The Morgan fingerprint density at radius 2 is 2.04 bits per heavy atom. The van der Waals surface area contributed by atoms with E-state index in [1.165, 1.54) is 0 Å². The fourth-order valence-electron chi connectivity index (χ4n) is 3.84. The molecular formula is C20H34N4O3. The maximum absolute atomic E-state index is 12.2. The number of carbonyl (C=O) groups excluding carboxylic acids is 1. The number of hydrogen-bond donors (Lipinski definition) is 3. The Hall–Kier alpha value is -1.60. The van der Waals surface area contributed by atoms with Crippen molar-refractivity contribution in [2.24, 2.45) is 11.8 Å². The summed E-state index contributed by atoms with van der Waals surface area (Å²) in [6, 6.07) is 0. The van der Waals surface area contributed by atoms with Gasteiger partial charge in [-0.05, 0) is 19.3 Å². The third kappa shape index (κ3) is 7.50. The number of aliphatic hydroxyl groups is 2. The predicted octanol–water partition coefficient (Wildman–Crippen LogP) is 2.76. The van der Waals surface area contributed by atoms with Crippen LogP contribution in [0.25, 0.3) is 0 Å².